The minimum absolute atomic E-state index is 0.214. The van der Waals surface area contributed by atoms with E-state index in [1.165, 1.54) is 0 Å². The van der Waals surface area contributed by atoms with Gasteiger partial charge in [0.05, 0.1) is 0 Å². The molecule has 98 valence electrons. The average Bonchev–Trinajstić information content (AvgIpc) is 2.41. The molecule has 6 heteroatoms. The summed E-state index contributed by atoms with van der Waals surface area (Å²) in [5.74, 6) is -0.214. The maximum absolute atomic E-state index is 11.9. The van der Waals surface area contributed by atoms with Crippen LogP contribution >= 0.6 is 0 Å². The number of hydrogen-bond acceptors (Lipinski definition) is 3. The first kappa shape index (κ1) is 13.3. The van der Waals surface area contributed by atoms with E-state index in [-0.39, 0.29) is 5.91 Å². The van der Waals surface area contributed by atoms with Gasteiger partial charge in [-0.3, -0.25) is 9.00 Å². The normalized spacial score (nSPS) is 11.6. The number of amides is 1. The number of nitrogens with one attached hydrogen (secondary N) is 2. The lowest BCUT2D eigenvalue weighted by molar-refractivity contribution is 0.102. The van der Waals surface area contributed by atoms with Crippen molar-refractivity contribution in [3.8, 4) is 0 Å². The Bertz CT molecular complexity index is 585. The summed E-state index contributed by atoms with van der Waals surface area (Å²) < 4.78 is 23.1. The summed E-state index contributed by atoms with van der Waals surface area (Å²) in [5.41, 5.74) is 1.59. The van der Waals surface area contributed by atoms with Crippen molar-refractivity contribution in [2.45, 2.75) is 0 Å². The SMILES string of the molecule is O=C(Nc1ccc(NS(=O)[O-])cc1)c1ccccc1. The largest absolute Gasteiger partial charge is 0.755 e. The van der Waals surface area contributed by atoms with E-state index in [1.807, 2.05) is 6.07 Å². The van der Waals surface area contributed by atoms with Gasteiger partial charge in [-0.25, -0.2) is 0 Å². The Morgan fingerprint density at radius 2 is 1.53 bits per heavy atom. The van der Waals surface area contributed by atoms with Gasteiger partial charge >= 0.3 is 0 Å². The van der Waals surface area contributed by atoms with Gasteiger partial charge in [0.15, 0.2) is 0 Å². The molecule has 2 aromatic rings. The zero-order chi connectivity index (χ0) is 13.7. The van der Waals surface area contributed by atoms with Crippen LogP contribution in [-0.4, -0.2) is 14.7 Å². The molecule has 0 radical (unpaired) electrons. The van der Waals surface area contributed by atoms with E-state index in [4.69, 9.17) is 0 Å². The van der Waals surface area contributed by atoms with Gasteiger partial charge in [0, 0.05) is 28.2 Å². The lowest BCUT2D eigenvalue weighted by atomic mass is 10.2. The van der Waals surface area contributed by atoms with Gasteiger partial charge in [-0.05, 0) is 36.4 Å². The molecule has 0 spiro atoms. The fourth-order valence-electron chi connectivity index (χ4n) is 1.51. The molecule has 2 rings (SSSR count). The van der Waals surface area contributed by atoms with Crippen LogP contribution < -0.4 is 10.0 Å². The molecule has 1 unspecified atom stereocenters. The van der Waals surface area contributed by atoms with Crippen LogP contribution in [-0.2, 0) is 11.3 Å². The second kappa shape index (κ2) is 6.12. The number of benzene rings is 2. The molecule has 0 aliphatic rings. The highest BCUT2D eigenvalue weighted by molar-refractivity contribution is 7.80. The predicted molar refractivity (Wildman–Crippen MR) is 73.4 cm³/mol. The molecule has 0 saturated carbocycles. The van der Waals surface area contributed by atoms with Gasteiger partial charge in [0.2, 0.25) is 0 Å². The summed E-state index contributed by atoms with van der Waals surface area (Å²) in [5, 5.41) is 2.72. The van der Waals surface area contributed by atoms with Gasteiger partial charge < -0.3 is 14.6 Å². The Morgan fingerprint density at radius 1 is 0.947 bits per heavy atom. The summed E-state index contributed by atoms with van der Waals surface area (Å²) in [7, 11) is 0. The minimum Gasteiger partial charge on any atom is -0.755 e. The highest BCUT2D eigenvalue weighted by Crippen LogP contribution is 2.14. The summed E-state index contributed by atoms with van der Waals surface area (Å²) in [6.07, 6.45) is 0. The number of anilines is 2. The van der Waals surface area contributed by atoms with Crippen LogP contribution in [0.25, 0.3) is 0 Å². The second-order valence-electron chi connectivity index (χ2n) is 3.73. The molecule has 2 N–H and O–H groups in total. The topological polar surface area (TPSA) is 81.3 Å². The van der Waals surface area contributed by atoms with Crippen molar-refractivity contribution in [3.05, 3.63) is 60.2 Å². The quantitative estimate of drug-likeness (QED) is 0.839. The van der Waals surface area contributed by atoms with E-state index >= 15 is 0 Å². The van der Waals surface area contributed by atoms with E-state index in [9.17, 15) is 13.6 Å². The first-order valence-electron chi connectivity index (χ1n) is 5.47. The number of rotatable bonds is 4. The van der Waals surface area contributed by atoms with E-state index in [1.54, 1.807) is 48.5 Å². The van der Waals surface area contributed by atoms with Crippen LogP contribution in [0.3, 0.4) is 0 Å². The Balaban J connectivity index is 2.04. The third kappa shape index (κ3) is 3.90. The van der Waals surface area contributed by atoms with Gasteiger partial charge in [-0.1, -0.05) is 18.2 Å². The third-order valence-corrected chi connectivity index (χ3v) is 2.78. The molecule has 0 heterocycles. The predicted octanol–water partition coefficient (Wildman–Crippen LogP) is 2.14. The monoisotopic (exact) mass is 275 g/mol. The van der Waals surface area contributed by atoms with Crippen molar-refractivity contribution in [1.29, 1.82) is 0 Å². The standard InChI is InChI=1S/C13H12N2O3S/c16-13(10-4-2-1-3-5-10)14-11-6-8-12(9-7-11)15-19(17)18/h1-9,15H,(H,14,16)(H,17,18)/p-1. The van der Waals surface area contributed by atoms with E-state index < -0.39 is 11.3 Å². The van der Waals surface area contributed by atoms with Gasteiger partial charge in [0.1, 0.15) is 0 Å². The smallest absolute Gasteiger partial charge is 0.255 e. The van der Waals surface area contributed by atoms with Gasteiger partial charge in [-0.15, -0.1) is 0 Å². The third-order valence-electron chi connectivity index (χ3n) is 2.38. The first-order valence-corrected chi connectivity index (χ1v) is 6.55. The molecule has 19 heavy (non-hydrogen) atoms. The maximum Gasteiger partial charge on any atom is 0.255 e. The molecule has 1 amide bonds. The summed E-state index contributed by atoms with van der Waals surface area (Å²) in [6, 6.07) is 15.2. The Morgan fingerprint density at radius 3 is 2.11 bits per heavy atom. The first-order chi connectivity index (χ1) is 9.15. The lowest BCUT2D eigenvalue weighted by Crippen LogP contribution is -2.11. The Kier molecular flexibility index (Phi) is 4.27. The van der Waals surface area contributed by atoms with E-state index in [0.717, 1.165) is 0 Å². The Hall–Kier alpha value is -2.18. The highest BCUT2D eigenvalue weighted by atomic mass is 32.2. The van der Waals surface area contributed by atoms with Gasteiger partial charge in [0.25, 0.3) is 5.91 Å². The van der Waals surface area contributed by atoms with Crippen molar-refractivity contribution in [1.82, 2.24) is 0 Å². The van der Waals surface area contributed by atoms with Crippen molar-refractivity contribution in [2.75, 3.05) is 10.0 Å². The number of carbonyl (C=O) groups is 1. The summed E-state index contributed by atoms with van der Waals surface area (Å²) in [4.78, 5) is 11.9. The molecular weight excluding hydrogens is 264 g/mol. The van der Waals surface area contributed by atoms with E-state index in [0.29, 0.717) is 16.9 Å². The van der Waals surface area contributed by atoms with Crippen LogP contribution in [0.15, 0.2) is 54.6 Å². The number of carbonyl (C=O) groups excluding carboxylic acids is 1. The van der Waals surface area contributed by atoms with Crippen molar-refractivity contribution in [2.24, 2.45) is 0 Å². The molecule has 0 aliphatic carbocycles. The minimum atomic E-state index is -2.35. The van der Waals surface area contributed by atoms with Crippen molar-refractivity contribution >= 4 is 28.5 Å². The lowest BCUT2D eigenvalue weighted by Gasteiger charge is -2.09. The van der Waals surface area contributed by atoms with Crippen LogP contribution in [0.1, 0.15) is 10.4 Å². The molecule has 5 nitrogen and oxygen atoms in total. The van der Waals surface area contributed by atoms with Crippen molar-refractivity contribution < 1.29 is 13.6 Å². The zero-order valence-corrected chi connectivity index (χ0v) is 10.6. The summed E-state index contributed by atoms with van der Waals surface area (Å²) >= 11 is -2.35. The fraction of sp³-hybridized carbons (Fsp3) is 0. The fourth-order valence-corrected chi connectivity index (χ4v) is 1.84. The molecule has 0 fully saturated rings. The number of hydrogen-bond donors (Lipinski definition) is 2. The van der Waals surface area contributed by atoms with Crippen LogP contribution in [0, 0.1) is 0 Å². The molecule has 0 saturated heterocycles. The summed E-state index contributed by atoms with van der Waals surface area (Å²) in [6.45, 7) is 0. The molecule has 0 aromatic heterocycles. The second-order valence-corrected chi connectivity index (χ2v) is 4.41. The molecular formula is C13H11N2O3S-. The van der Waals surface area contributed by atoms with Gasteiger partial charge in [-0.2, -0.15) is 0 Å². The van der Waals surface area contributed by atoms with Crippen LogP contribution in [0.2, 0.25) is 0 Å². The van der Waals surface area contributed by atoms with Crippen LogP contribution in [0.4, 0.5) is 11.4 Å². The molecule has 2 aromatic carbocycles. The molecule has 1 atom stereocenters. The maximum atomic E-state index is 11.9. The molecule has 0 aliphatic heterocycles. The average molecular weight is 275 g/mol. The highest BCUT2D eigenvalue weighted by Gasteiger charge is 2.04. The van der Waals surface area contributed by atoms with Crippen LogP contribution in [0.5, 0.6) is 0 Å². The van der Waals surface area contributed by atoms with E-state index in [2.05, 4.69) is 10.0 Å². The Labute approximate surface area is 113 Å². The van der Waals surface area contributed by atoms with Crippen molar-refractivity contribution in [3.63, 3.8) is 0 Å². The molecule has 0 bridgehead atoms. The zero-order valence-electron chi connectivity index (χ0n) is 9.83.